The Kier molecular flexibility index (Phi) is 6.42. The molecule has 0 aliphatic heterocycles. The van der Waals surface area contributed by atoms with Crippen molar-refractivity contribution >= 4 is 11.6 Å². The van der Waals surface area contributed by atoms with Crippen LogP contribution in [0, 0.1) is 22.5 Å². The number of aliphatic hydroxyl groups excluding tert-OH is 1. The van der Waals surface area contributed by atoms with Crippen LogP contribution < -0.4 is 5.32 Å². The molecule has 0 saturated heterocycles. The smallest absolute Gasteiger partial charge is 0.288 e. The first-order chi connectivity index (χ1) is 10.4. The number of carbonyl (C=O) groups excluding carboxylic acids is 1. The molecule has 0 aliphatic carbocycles. The molecule has 1 aromatic heterocycles. The number of carbonyl (C=O) groups is 1. The Morgan fingerprint density at radius 1 is 1.45 bits per heavy atom. The fourth-order valence-corrected chi connectivity index (χ4v) is 2.39. The van der Waals surface area contributed by atoms with E-state index >= 15 is 0 Å². The maximum Gasteiger partial charge on any atom is 0.288 e. The molecular formula is C15H23N3O4. The van der Waals surface area contributed by atoms with Crippen LogP contribution in [0.25, 0.3) is 0 Å². The van der Waals surface area contributed by atoms with E-state index < -0.39 is 4.92 Å². The number of nitro groups is 1. The Labute approximate surface area is 129 Å². The number of hydrogen-bond acceptors (Lipinski definition) is 5. The number of nitrogens with zero attached hydrogens (tertiary/aromatic N) is 2. The van der Waals surface area contributed by atoms with Crippen LogP contribution in [0.4, 0.5) is 5.69 Å². The summed E-state index contributed by atoms with van der Waals surface area (Å²) in [6.45, 7) is 6.16. The Morgan fingerprint density at radius 2 is 2.09 bits per heavy atom. The van der Waals surface area contributed by atoms with Crippen molar-refractivity contribution in [2.75, 3.05) is 13.2 Å². The van der Waals surface area contributed by atoms with Gasteiger partial charge >= 0.3 is 0 Å². The van der Waals surface area contributed by atoms with Crippen molar-refractivity contribution in [3.8, 4) is 0 Å². The number of amides is 1. The molecule has 1 aromatic rings. The van der Waals surface area contributed by atoms with Gasteiger partial charge in [0.05, 0.1) is 16.2 Å². The van der Waals surface area contributed by atoms with Gasteiger partial charge in [0.2, 0.25) is 0 Å². The van der Waals surface area contributed by atoms with Crippen molar-refractivity contribution in [1.82, 2.24) is 10.3 Å². The van der Waals surface area contributed by atoms with Gasteiger partial charge in [-0.15, -0.1) is 0 Å². The topological polar surface area (TPSA) is 105 Å². The summed E-state index contributed by atoms with van der Waals surface area (Å²) >= 11 is 0. The highest BCUT2D eigenvalue weighted by molar-refractivity contribution is 5.95. The van der Waals surface area contributed by atoms with Gasteiger partial charge in [0.1, 0.15) is 6.20 Å². The largest absolute Gasteiger partial charge is 0.396 e. The summed E-state index contributed by atoms with van der Waals surface area (Å²) in [7, 11) is 0. The second-order valence-corrected chi connectivity index (χ2v) is 5.45. The number of rotatable bonds is 8. The summed E-state index contributed by atoms with van der Waals surface area (Å²) in [6.07, 6.45) is 3.40. The molecule has 0 radical (unpaired) electrons. The molecule has 1 heterocycles. The predicted octanol–water partition coefficient (Wildman–Crippen LogP) is 2.22. The molecule has 0 atom stereocenters. The molecule has 0 spiro atoms. The molecule has 122 valence electrons. The summed E-state index contributed by atoms with van der Waals surface area (Å²) in [5.74, 6) is -0.377. The molecule has 1 amide bonds. The first-order valence-electron chi connectivity index (χ1n) is 7.39. The highest BCUT2D eigenvalue weighted by Gasteiger charge is 2.27. The van der Waals surface area contributed by atoms with E-state index in [2.05, 4.69) is 10.3 Å². The molecule has 0 aliphatic rings. The molecular weight excluding hydrogens is 286 g/mol. The highest BCUT2D eigenvalue weighted by atomic mass is 16.6. The van der Waals surface area contributed by atoms with Crippen LogP contribution in [-0.4, -0.2) is 34.1 Å². The predicted molar refractivity (Wildman–Crippen MR) is 82.7 cm³/mol. The Balaban J connectivity index is 2.89. The van der Waals surface area contributed by atoms with Crippen molar-refractivity contribution < 1.29 is 14.8 Å². The third kappa shape index (κ3) is 4.24. The average Bonchev–Trinajstić information content (AvgIpc) is 2.51. The van der Waals surface area contributed by atoms with Gasteiger partial charge in [-0.05, 0) is 31.6 Å². The standard InChI is InChI=1S/C15H23N3O4/c1-4-15(5-2,6-7-19)10-17-14(20)13-8-12(18(21)22)9-16-11(13)3/h8-9,19H,4-7,10H2,1-3H3,(H,17,20). The number of pyridine rings is 1. The van der Waals surface area contributed by atoms with Gasteiger partial charge in [-0.2, -0.15) is 0 Å². The van der Waals surface area contributed by atoms with Crippen molar-refractivity contribution in [1.29, 1.82) is 0 Å². The fourth-order valence-electron chi connectivity index (χ4n) is 2.39. The van der Waals surface area contributed by atoms with Crippen molar-refractivity contribution in [3.63, 3.8) is 0 Å². The molecule has 7 heteroatoms. The second kappa shape index (κ2) is 7.84. The SMILES string of the molecule is CCC(CC)(CCO)CNC(=O)c1cc([N+](=O)[O-])cnc1C. The number of aliphatic hydroxyl groups is 1. The quantitative estimate of drug-likeness (QED) is 0.566. The molecule has 0 unspecified atom stereocenters. The molecule has 1 rings (SSSR count). The van der Waals surface area contributed by atoms with Gasteiger partial charge in [0, 0.05) is 19.2 Å². The lowest BCUT2D eigenvalue weighted by atomic mass is 9.79. The molecule has 22 heavy (non-hydrogen) atoms. The molecule has 0 aromatic carbocycles. The van der Waals surface area contributed by atoms with Gasteiger partial charge in [-0.3, -0.25) is 19.9 Å². The maximum atomic E-state index is 12.3. The minimum Gasteiger partial charge on any atom is -0.396 e. The van der Waals surface area contributed by atoms with Gasteiger partial charge < -0.3 is 10.4 Å². The van der Waals surface area contributed by atoms with E-state index in [1.54, 1.807) is 6.92 Å². The molecule has 2 N–H and O–H groups in total. The van der Waals surface area contributed by atoms with Crippen LogP contribution in [0.2, 0.25) is 0 Å². The first kappa shape index (κ1) is 18.0. The summed E-state index contributed by atoms with van der Waals surface area (Å²) in [4.78, 5) is 26.4. The Bertz CT molecular complexity index is 542. The summed E-state index contributed by atoms with van der Waals surface area (Å²) < 4.78 is 0. The average molecular weight is 309 g/mol. The van der Waals surface area contributed by atoms with E-state index in [-0.39, 0.29) is 29.2 Å². The Morgan fingerprint density at radius 3 is 2.59 bits per heavy atom. The van der Waals surface area contributed by atoms with Gasteiger partial charge in [0.15, 0.2) is 0 Å². The zero-order valence-corrected chi connectivity index (χ0v) is 13.3. The maximum absolute atomic E-state index is 12.3. The van der Waals surface area contributed by atoms with Crippen molar-refractivity contribution in [2.24, 2.45) is 5.41 Å². The third-order valence-electron chi connectivity index (χ3n) is 4.29. The minimum atomic E-state index is -0.572. The number of aryl methyl sites for hydroxylation is 1. The van der Waals surface area contributed by atoms with Crippen molar-refractivity contribution in [2.45, 2.75) is 40.0 Å². The highest BCUT2D eigenvalue weighted by Crippen LogP contribution is 2.29. The molecule has 0 bridgehead atoms. The normalized spacial score (nSPS) is 11.3. The van der Waals surface area contributed by atoms with Crippen LogP contribution in [0.15, 0.2) is 12.3 Å². The van der Waals surface area contributed by atoms with E-state index in [9.17, 15) is 20.0 Å². The molecule has 7 nitrogen and oxygen atoms in total. The monoisotopic (exact) mass is 309 g/mol. The molecule has 0 saturated carbocycles. The lowest BCUT2D eigenvalue weighted by Gasteiger charge is -2.31. The zero-order valence-electron chi connectivity index (χ0n) is 13.3. The lowest BCUT2D eigenvalue weighted by molar-refractivity contribution is -0.385. The summed E-state index contributed by atoms with van der Waals surface area (Å²) in [5, 5.41) is 22.8. The van der Waals surface area contributed by atoms with E-state index in [4.69, 9.17) is 0 Å². The lowest BCUT2D eigenvalue weighted by Crippen LogP contribution is -2.38. The van der Waals surface area contributed by atoms with Crippen LogP contribution in [0.3, 0.4) is 0 Å². The minimum absolute atomic E-state index is 0.0644. The van der Waals surface area contributed by atoms with E-state index in [1.807, 2.05) is 13.8 Å². The van der Waals surface area contributed by atoms with E-state index in [0.717, 1.165) is 19.0 Å². The fraction of sp³-hybridized carbons (Fsp3) is 0.600. The van der Waals surface area contributed by atoms with Crippen molar-refractivity contribution in [3.05, 3.63) is 33.6 Å². The van der Waals surface area contributed by atoms with Crippen LogP contribution in [0.5, 0.6) is 0 Å². The number of nitrogens with one attached hydrogen (secondary N) is 1. The van der Waals surface area contributed by atoms with E-state index in [0.29, 0.717) is 18.7 Å². The van der Waals surface area contributed by atoms with Crippen LogP contribution in [0.1, 0.15) is 49.2 Å². The van der Waals surface area contributed by atoms with Gasteiger partial charge in [0.25, 0.3) is 11.6 Å². The second-order valence-electron chi connectivity index (χ2n) is 5.45. The zero-order chi connectivity index (χ0) is 16.8. The van der Waals surface area contributed by atoms with E-state index in [1.165, 1.54) is 6.07 Å². The summed E-state index contributed by atoms with van der Waals surface area (Å²) in [6, 6.07) is 1.24. The first-order valence-corrected chi connectivity index (χ1v) is 7.39. The van der Waals surface area contributed by atoms with Gasteiger partial charge in [-0.25, -0.2) is 0 Å². The number of aromatic nitrogens is 1. The summed E-state index contributed by atoms with van der Waals surface area (Å²) in [5.41, 5.74) is 0.290. The van der Waals surface area contributed by atoms with Crippen LogP contribution >= 0.6 is 0 Å². The third-order valence-corrected chi connectivity index (χ3v) is 4.29. The molecule has 0 fully saturated rings. The Hall–Kier alpha value is -2.02. The van der Waals surface area contributed by atoms with Crippen LogP contribution in [-0.2, 0) is 0 Å². The van der Waals surface area contributed by atoms with Gasteiger partial charge in [-0.1, -0.05) is 13.8 Å². The number of hydrogen-bond donors (Lipinski definition) is 2.